The fourth-order valence-electron chi connectivity index (χ4n) is 1.81. The normalized spacial score (nSPS) is 13.4. The maximum Gasteiger partial charge on any atom is 0.293 e. The largest absolute Gasteiger partial charge is 0.396 e. The maximum absolute atomic E-state index is 12.0. The third kappa shape index (κ3) is 3.57. The average molecular weight is 253 g/mol. The van der Waals surface area contributed by atoms with Gasteiger partial charge in [0.1, 0.15) is 0 Å². The molecule has 0 radical (unpaired) electrons. The van der Waals surface area contributed by atoms with Crippen LogP contribution in [0, 0.1) is 5.41 Å². The van der Waals surface area contributed by atoms with Gasteiger partial charge in [-0.05, 0) is 18.8 Å². The van der Waals surface area contributed by atoms with E-state index in [2.05, 4.69) is 31.1 Å². The lowest BCUT2D eigenvalue weighted by Gasteiger charge is -2.31. The molecule has 102 valence electrons. The van der Waals surface area contributed by atoms with Crippen molar-refractivity contribution in [1.29, 1.82) is 0 Å². The van der Waals surface area contributed by atoms with Crippen molar-refractivity contribution >= 4 is 5.82 Å². The van der Waals surface area contributed by atoms with Crippen LogP contribution in [0.3, 0.4) is 0 Å². The van der Waals surface area contributed by atoms with Crippen LogP contribution in [-0.2, 0) is 6.54 Å². The van der Waals surface area contributed by atoms with Gasteiger partial charge in [-0.1, -0.05) is 20.8 Å². The van der Waals surface area contributed by atoms with Crippen LogP contribution in [0.15, 0.2) is 17.2 Å². The van der Waals surface area contributed by atoms with E-state index in [-0.39, 0.29) is 23.6 Å². The van der Waals surface area contributed by atoms with E-state index in [1.807, 2.05) is 6.92 Å². The van der Waals surface area contributed by atoms with E-state index in [1.54, 1.807) is 17.0 Å². The molecule has 0 bridgehead atoms. The Balaban J connectivity index is 2.98. The molecule has 18 heavy (non-hydrogen) atoms. The van der Waals surface area contributed by atoms with Crippen LogP contribution in [0.4, 0.5) is 5.82 Å². The third-order valence-corrected chi connectivity index (χ3v) is 3.03. The molecule has 1 unspecified atom stereocenters. The van der Waals surface area contributed by atoms with Crippen LogP contribution < -0.4 is 10.9 Å². The number of hydrogen-bond donors (Lipinski definition) is 2. The number of aliphatic hydroxyl groups is 1. The Morgan fingerprint density at radius 2 is 2.17 bits per heavy atom. The number of rotatable bonds is 5. The predicted molar refractivity (Wildman–Crippen MR) is 72.7 cm³/mol. The van der Waals surface area contributed by atoms with Crippen molar-refractivity contribution in [1.82, 2.24) is 9.55 Å². The van der Waals surface area contributed by atoms with Crippen molar-refractivity contribution in [2.45, 2.75) is 46.7 Å². The highest BCUT2D eigenvalue weighted by Crippen LogP contribution is 2.23. The van der Waals surface area contributed by atoms with Crippen molar-refractivity contribution in [3.63, 3.8) is 0 Å². The highest BCUT2D eigenvalue weighted by Gasteiger charge is 2.25. The Kier molecular flexibility index (Phi) is 4.90. The molecule has 5 heteroatoms. The van der Waals surface area contributed by atoms with Crippen LogP contribution in [0.25, 0.3) is 0 Å². The standard InChI is InChI=1S/C13H23N3O2/c1-5-16-8-7-14-11(12(16)18)15-10(6-9-17)13(2,3)4/h7-8,10,17H,5-6,9H2,1-4H3,(H,14,15). The van der Waals surface area contributed by atoms with Gasteiger partial charge >= 0.3 is 0 Å². The first-order valence-electron chi connectivity index (χ1n) is 6.33. The summed E-state index contributed by atoms with van der Waals surface area (Å²) in [6.45, 7) is 8.84. The van der Waals surface area contributed by atoms with E-state index in [4.69, 9.17) is 5.11 Å². The molecule has 0 saturated heterocycles. The lowest BCUT2D eigenvalue weighted by molar-refractivity contribution is 0.235. The molecule has 0 spiro atoms. The molecule has 0 amide bonds. The second-order valence-electron chi connectivity index (χ2n) is 5.44. The van der Waals surface area contributed by atoms with Gasteiger partial charge in [0.2, 0.25) is 0 Å². The minimum Gasteiger partial charge on any atom is -0.396 e. The molecule has 1 heterocycles. The van der Waals surface area contributed by atoms with Crippen molar-refractivity contribution in [3.8, 4) is 0 Å². The number of nitrogens with one attached hydrogen (secondary N) is 1. The Labute approximate surface area is 108 Å². The number of nitrogens with zero attached hydrogens (tertiary/aromatic N) is 2. The first-order chi connectivity index (χ1) is 8.40. The van der Waals surface area contributed by atoms with E-state index in [1.165, 1.54) is 0 Å². The average Bonchev–Trinajstić information content (AvgIpc) is 2.29. The zero-order valence-electron chi connectivity index (χ0n) is 11.6. The summed E-state index contributed by atoms with van der Waals surface area (Å²) in [6.07, 6.45) is 3.88. The second kappa shape index (κ2) is 6.00. The smallest absolute Gasteiger partial charge is 0.293 e. The summed E-state index contributed by atoms with van der Waals surface area (Å²) in [5, 5.41) is 12.3. The number of aliphatic hydroxyl groups excluding tert-OH is 1. The van der Waals surface area contributed by atoms with Crippen molar-refractivity contribution < 1.29 is 5.11 Å². The molecule has 1 rings (SSSR count). The summed E-state index contributed by atoms with van der Waals surface area (Å²) in [5.74, 6) is 0.354. The molecule has 0 saturated carbocycles. The van der Waals surface area contributed by atoms with E-state index in [9.17, 15) is 4.79 Å². The lowest BCUT2D eigenvalue weighted by atomic mass is 9.85. The molecule has 5 nitrogen and oxygen atoms in total. The Bertz CT molecular complexity index is 435. The molecule has 0 aliphatic carbocycles. The molecule has 0 aromatic carbocycles. The van der Waals surface area contributed by atoms with Crippen LogP contribution in [0.1, 0.15) is 34.1 Å². The van der Waals surface area contributed by atoms with Crippen molar-refractivity contribution in [2.24, 2.45) is 5.41 Å². The molecule has 1 atom stereocenters. The van der Waals surface area contributed by atoms with Gasteiger partial charge in [0.25, 0.3) is 5.56 Å². The number of hydrogen-bond acceptors (Lipinski definition) is 4. The van der Waals surface area contributed by atoms with Crippen molar-refractivity contribution in [2.75, 3.05) is 11.9 Å². The van der Waals surface area contributed by atoms with Gasteiger partial charge in [-0.25, -0.2) is 4.98 Å². The second-order valence-corrected chi connectivity index (χ2v) is 5.44. The van der Waals surface area contributed by atoms with Crippen LogP contribution in [-0.4, -0.2) is 27.3 Å². The van der Waals surface area contributed by atoms with Gasteiger partial charge in [-0.2, -0.15) is 0 Å². The maximum atomic E-state index is 12.0. The highest BCUT2D eigenvalue weighted by atomic mass is 16.3. The third-order valence-electron chi connectivity index (χ3n) is 3.03. The first-order valence-corrected chi connectivity index (χ1v) is 6.33. The Morgan fingerprint density at radius 1 is 1.50 bits per heavy atom. The van der Waals surface area contributed by atoms with Gasteiger partial charge in [0.15, 0.2) is 5.82 Å². The summed E-state index contributed by atoms with van der Waals surface area (Å²) in [5.41, 5.74) is -0.170. The number of aromatic nitrogens is 2. The van der Waals surface area contributed by atoms with Crippen molar-refractivity contribution in [3.05, 3.63) is 22.7 Å². The van der Waals surface area contributed by atoms with Crippen LogP contribution in [0.2, 0.25) is 0 Å². The summed E-state index contributed by atoms with van der Waals surface area (Å²) >= 11 is 0. The Morgan fingerprint density at radius 3 is 2.67 bits per heavy atom. The van der Waals surface area contributed by atoms with Gasteiger partial charge in [-0.15, -0.1) is 0 Å². The first kappa shape index (κ1) is 14.7. The summed E-state index contributed by atoms with van der Waals surface area (Å²) < 4.78 is 1.61. The molecule has 0 fully saturated rings. The quantitative estimate of drug-likeness (QED) is 0.834. The van der Waals surface area contributed by atoms with E-state index in [0.717, 1.165) is 0 Å². The molecular formula is C13H23N3O2. The predicted octanol–water partition coefficient (Wildman–Crippen LogP) is 1.47. The van der Waals surface area contributed by atoms with Gasteiger partial charge in [-0.3, -0.25) is 4.79 Å². The van der Waals surface area contributed by atoms with E-state index < -0.39 is 0 Å². The molecule has 0 aliphatic heterocycles. The molecule has 1 aromatic heterocycles. The zero-order chi connectivity index (χ0) is 13.8. The Hall–Kier alpha value is -1.36. The fraction of sp³-hybridized carbons (Fsp3) is 0.692. The molecular weight excluding hydrogens is 230 g/mol. The van der Waals surface area contributed by atoms with E-state index in [0.29, 0.717) is 18.8 Å². The fourth-order valence-corrected chi connectivity index (χ4v) is 1.81. The summed E-state index contributed by atoms with van der Waals surface area (Å²) in [7, 11) is 0. The van der Waals surface area contributed by atoms with E-state index >= 15 is 0 Å². The van der Waals surface area contributed by atoms with Crippen LogP contribution >= 0.6 is 0 Å². The minimum absolute atomic E-state index is 0.00964. The molecule has 1 aromatic rings. The summed E-state index contributed by atoms with van der Waals surface area (Å²) in [4.78, 5) is 16.1. The molecule has 0 aliphatic rings. The monoisotopic (exact) mass is 253 g/mol. The topological polar surface area (TPSA) is 67.2 Å². The highest BCUT2D eigenvalue weighted by molar-refractivity contribution is 5.33. The van der Waals surface area contributed by atoms with Gasteiger partial charge in [0, 0.05) is 31.6 Å². The van der Waals surface area contributed by atoms with Crippen LogP contribution in [0.5, 0.6) is 0 Å². The van der Waals surface area contributed by atoms with Gasteiger partial charge < -0.3 is 15.0 Å². The minimum atomic E-state index is -0.118. The summed E-state index contributed by atoms with van der Waals surface area (Å²) in [6, 6.07) is 0.00964. The molecule has 2 N–H and O–H groups in total. The number of aryl methyl sites for hydroxylation is 1. The number of anilines is 1. The lowest BCUT2D eigenvalue weighted by Crippen LogP contribution is -2.38. The van der Waals surface area contributed by atoms with Gasteiger partial charge in [0.05, 0.1) is 0 Å². The zero-order valence-corrected chi connectivity index (χ0v) is 11.6. The SMILES string of the molecule is CCn1ccnc(NC(CCO)C(C)(C)C)c1=O.